The number of para-hydroxylation sites is 1. The van der Waals surface area contributed by atoms with Crippen molar-refractivity contribution in [3.63, 3.8) is 0 Å². The molecule has 124 valence electrons. The van der Waals surface area contributed by atoms with Crippen LogP contribution in [0.25, 0.3) is 0 Å². The maximum absolute atomic E-state index is 13.0. The molecule has 0 aromatic heterocycles. The fourth-order valence-corrected chi connectivity index (χ4v) is 2.77. The van der Waals surface area contributed by atoms with Gasteiger partial charge in [-0.25, -0.2) is 0 Å². The molecule has 0 saturated heterocycles. The standard InChI is InChI=1S/C16H17F3N2O2/c17-16(18,19)12-6-2-3-7-13(12)21-15(22)10-23-14-8-4-1-5-11(14)9-20/h1,4-5,8,12-13H,2-3,6-7,10H2,(H,21,22). The van der Waals surface area contributed by atoms with Gasteiger partial charge in [-0.1, -0.05) is 25.0 Å². The number of carbonyl (C=O) groups excluding carboxylic acids is 1. The van der Waals surface area contributed by atoms with Gasteiger partial charge in [-0.3, -0.25) is 4.79 Å². The van der Waals surface area contributed by atoms with Gasteiger partial charge in [0.25, 0.3) is 5.91 Å². The van der Waals surface area contributed by atoms with Gasteiger partial charge < -0.3 is 10.1 Å². The number of amides is 1. The lowest BCUT2D eigenvalue weighted by atomic mass is 9.84. The summed E-state index contributed by atoms with van der Waals surface area (Å²) in [6.07, 6.45) is -2.79. The number of halogens is 3. The van der Waals surface area contributed by atoms with Gasteiger partial charge in [0.05, 0.1) is 11.5 Å². The van der Waals surface area contributed by atoms with Crippen molar-refractivity contribution in [3.05, 3.63) is 29.8 Å². The summed E-state index contributed by atoms with van der Waals surface area (Å²) >= 11 is 0. The van der Waals surface area contributed by atoms with Gasteiger partial charge in [0.1, 0.15) is 11.8 Å². The minimum absolute atomic E-state index is 0.0343. The Hall–Kier alpha value is -2.23. The maximum Gasteiger partial charge on any atom is 0.393 e. The summed E-state index contributed by atoms with van der Waals surface area (Å²) in [6.45, 7) is -0.417. The topological polar surface area (TPSA) is 62.1 Å². The maximum atomic E-state index is 13.0. The van der Waals surface area contributed by atoms with Gasteiger partial charge in [-0.2, -0.15) is 18.4 Å². The Morgan fingerprint density at radius 3 is 2.70 bits per heavy atom. The molecule has 1 fully saturated rings. The highest BCUT2D eigenvalue weighted by Gasteiger charge is 2.45. The van der Waals surface area contributed by atoms with Crippen molar-refractivity contribution in [3.8, 4) is 11.8 Å². The van der Waals surface area contributed by atoms with Crippen molar-refractivity contribution in [2.75, 3.05) is 6.61 Å². The average Bonchev–Trinajstić information content (AvgIpc) is 2.52. The minimum Gasteiger partial charge on any atom is -0.482 e. The third-order valence-corrected chi connectivity index (χ3v) is 3.90. The predicted octanol–water partition coefficient (Wildman–Crippen LogP) is 3.17. The normalized spacial score (nSPS) is 21.3. The zero-order valence-electron chi connectivity index (χ0n) is 12.4. The van der Waals surface area contributed by atoms with Gasteiger partial charge in [-0.15, -0.1) is 0 Å². The molecule has 1 saturated carbocycles. The van der Waals surface area contributed by atoms with Crippen LogP contribution in [0.4, 0.5) is 13.2 Å². The molecule has 23 heavy (non-hydrogen) atoms. The summed E-state index contributed by atoms with van der Waals surface area (Å²) in [7, 11) is 0. The zero-order valence-corrected chi connectivity index (χ0v) is 12.4. The SMILES string of the molecule is N#Cc1ccccc1OCC(=O)NC1CCCCC1C(F)(F)F. The second kappa shape index (κ2) is 7.36. The average molecular weight is 326 g/mol. The van der Waals surface area contributed by atoms with E-state index in [-0.39, 0.29) is 17.7 Å². The smallest absolute Gasteiger partial charge is 0.393 e. The molecule has 0 spiro atoms. The van der Waals surface area contributed by atoms with E-state index in [9.17, 15) is 18.0 Å². The first-order valence-electron chi connectivity index (χ1n) is 7.40. The van der Waals surface area contributed by atoms with Crippen LogP contribution in [0.5, 0.6) is 5.75 Å². The largest absolute Gasteiger partial charge is 0.482 e. The summed E-state index contributed by atoms with van der Waals surface area (Å²) in [5.41, 5.74) is 0.270. The first-order valence-corrected chi connectivity index (χ1v) is 7.40. The number of nitrogens with zero attached hydrogens (tertiary/aromatic N) is 1. The summed E-state index contributed by atoms with van der Waals surface area (Å²) in [6, 6.07) is 7.38. The highest BCUT2D eigenvalue weighted by molar-refractivity contribution is 5.78. The van der Waals surface area contributed by atoms with Gasteiger partial charge in [0, 0.05) is 6.04 Å². The Kier molecular flexibility index (Phi) is 5.48. The van der Waals surface area contributed by atoms with Crippen LogP contribution >= 0.6 is 0 Å². The van der Waals surface area contributed by atoms with E-state index in [1.807, 2.05) is 6.07 Å². The first-order chi connectivity index (χ1) is 10.9. The third-order valence-electron chi connectivity index (χ3n) is 3.90. The summed E-state index contributed by atoms with van der Waals surface area (Å²) in [4.78, 5) is 11.9. The lowest BCUT2D eigenvalue weighted by Gasteiger charge is -2.33. The summed E-state index contributed by atoms with van der Waals surface area (Å²) in [5.74, 6) is -1.88. The van der Waals surface area contributed by atoms with Crippen LogP contribution in [0.15, 0.2) is 24.3 Å². The van der Waals surface area contributed by atoms with Crippen molar-refractivity contribution in [1.29, 1.82) is 5.26 Å². The number of rotatable bonds is 4. The van der Waals surface area contributed by atoms with Crippen LogP contribution in [0, 0.1) is 17.2 Å². The van der Waals surface area contributed by atoms with Crippen molar-refractivity contribution < 1.29 is 22.7 Å². The summed E-state index contributed by atoms with van der Waals surface area (Å²) in [5, 5.41) is 11.3. The molecular formula is C16H17F3N2O2. The molecule has 0 aliphatic heterocycles. The van der Waals surface area contributed by atoms with Crippen LogP contribution in [-0.2, 0) is 4.79 Å². The molecular weight excluding hydrogens is 309 g/mol. The molecule has 0 heterocycles. The molecule has 0 bridgehead atoms. The lowest BCUT2D eigenvalue weighted by molar-refractivity contribution is -0.189. The molecule has 1 aromatic carbocycles. The monoisotopic (exact) mass is 326 g/mol. The molecule has 1 aromatic rings. The van der Waals surface area contributed by atoms with E-state index in [4.69, 9.17) is 10.00 Å². The molecule has 1 N–H and O–H groups in total. The summed E-state index contributed by atoms with van der Waals surface area (Å²) < 4.78 is 44.2. The van der Waals surface area contributed by atoms with E-state index in [1.54, 1.807) is 12.1 Å². The van der Waals surface area contributed by atoms with Gasteiger partial charge in [0.15, 0.2) is 6.61 Å². The van der Waals surface area contributed by atoms with Crippen LogP contribution in [0.2, 0.25) is 0 Å². The number of nitrogens with one attached hydrogen (secondary N) is 1. The number of nitriles is 1. The number of carbonyl (C=O) groups is 1. The van der Waals surface area contributed by atoms with Crippen molar-refractivity contribution >= 4 is 5.91 Å². The molecule has 1 aliphatic rings. The molecule has 2 rings (SSSR count). The molecule has 7 heteroatoms. The lowest BCUT2D eigenvalue weighted by Crippen LogP contribution is -2.48. The fraction of sp³-hybridized carbons (Fsp3) is 0.500. The van der Waals surface area contributed by atoms with Gasteiger partial charge >= 0.3 is 6.18 Å². The highest BCUT2D eigenvalue weighted by Crippen LogP contribution is 2.37. The van der Waals surface area contributed by atoms with Crippen LogP contribution in [-0.4, -0.2) is 24.7 Å². The second-order valence-corrected chi connectivity index (χ2v) is 5.50. The minimum atomic E-state index is -4.31. The zero-order chi connectivity index (χ0) is 16.9. The third kappa shape index (κ3) is 4.62. The molecule has 1 amide bonds. The second-order valence-electron chi connectivity index (χ2n) is 5.50. The van der Waals surface area contributed by atoms with Crippen LogP contribution in [0.1, 0.15) is 31.2 Å². The molecule has 4 nitrogen and oxygen atoms in total. The number of hydrogen-bond donors (Lipinski definition) is 1. The number of ether oxygens (including phenoxy) is 1. The number of benzene rings is 1. The van der Waals surface area contributed by atoms with Crippen molar-refractivity contribution in [2.24, 2.45) is 5.92 Å². The molecule has 2 unspecified atom stereocenters. The molecule has 2 atom stereocenters. The Labute approximate surface area is 132 Å². The van der Waals surface area contributed by atoms with E-state index in [0.29, 0.717) is 19.3 Å². The van der Waals surface area contributed by atoms with E-state index in [0.717, 1.165) is 0 Å². The van der Waals surface area contributed by atoms with E-state index >= 15 is 0 Å². The predicted molar refractivity (Wildman–Crippen MR) is 76.6 cm³/mol. The van der Waals surface area contributed by atoms with Crippen molar-refractivity contribution in [2.45, 2.75) is 37.9 Å². The van der Waals surface area contributed by atoms with Gasteiger partial charge in [0.2, 0.25) is 0 Å². The van der Waals surface area contributed by atoms with Crippen molar-refractivity contribution in [1.82, 2.24) is 5.32 Å². The van der Waals surface area contributed by atoms with E-state index < -0.39 is 30.7 Å². The quantitative estimate of drug-likeness (QED) is 0.924. The Bertz CT molecular complexity index is 596. The van der Waals surface area contributed by atoms with Gasteiger partial charge in [-0.05, 0) is 25.0 Å². The highest BCUT2D eigenvalue weighted by atomic mass is 19.4. The van der Waals surface area contributed by atoms with E-state index in [1.165, 1.54) is 12.1 Å². The van der Waals surface area contributed by atoms with Crippen LogP contribution < -0.4 is 10.1 Å². The van der Waals surface area contributed by atoms with E-state index in [2.05, 4.69) is 5.32 Å². The number of hydrogen-bond acceptors (Lipinski definition) is 3. The Balaban J connectivity index is 1.92. The number of alkyl halides is 3. The van der Waals surface area contributed by atoms with Crippen LogP contribution in [0.3, 0.4) is 0 Å². The molecule has 0 radical (unpaired) electrons. The Morgan fingerprint density at radius 2 is 2.00 bits per heavy atom. The Morgan fingerprint density at radius 1 is 1.30 bits per heavy atom. The first kappa shape index (κ1) is 17.1. The molecule has 1 aliphatic carbocycles. The fourth-order valence-electron chi connectivity index (χ4n) is 2.77.